The lowest BCUT2D eigenvalue weighted by Crippen LogP contribution is -2.51. The Balaban J connectivity index is 1.84. The van der Waals surface area contributed by atoms with E-state index in [2.05, 4.69) is 5.32 Å². The topological polar surface area (TPSA) is 32.3 Å². The number of piperidine rings is 1. The van der Waals surface area contributed by atoms with Crippen molar-refractivity contribution in [2.75, 3.05) is 11.4 Å². The highest BCUT2D eigenvalue weighted by atomic mass is 35.5. The van der Waals surface area contributed by atoms with Crippen LogP contribution in [0.3, 0.4) is 0 Å². The van der Waals surface area contributed by atoms with Gasteiger partial charge in [0.05, 0.1) is 16.8 Å². The fourth-order valence-corrected chi connectivity index (χ4v) is 3.08. The maximum absolute atomic E-state index is 12.6. The molecular weight excluding hydrogens is 260 g/mol. The summed E-state index contributed by atoms with van der Waals surface area (Å²) in [7, 11) is 0. The van der Waals surface area contributed by atoms with Crippen LogP contribution in [-0.2, 0) is 4.79 Å². The molecule has 0 aromatic heterocycles. The summed E-state index contributed by atoms with van der Waals surface area (Å²) in [6.45, 7) is 2.78. The molecule has 1 heterocycles. The molecule has 3 rings (SSSR count). The number of hydrogen-bond donors (Lipinski definition) is 1. The SMILES string of the molecule is Cc1cccc(Cl)c1N1CCCC(NC2CC2)C1=O. The van der Waals surface area contributed by atoms with E-state index in [1.807, 2.05) is 30.0 Å². The van der Waals surface area contributed by atoms with Crippen molar-refractivity contribution in [3.05, 3.63) is 28.8 Å². The number of nitrogens with zero attached hydrogens (tertiary/aromatic N) is 1. The second-order valence-electron chi connectivity index (χ2n) is 5.53. The minimum Gasteiger partial charge on any atom is -0.309 e. The molecule has 1 aromatic carbocycles. The van der Waals surface area contributed by atoms with E-state index in [1.165, 1.54) is 12.8 Å². The average Bonchev–Trinajstić information content (AvgIpc) is 3.17. The molecule has 1 N–H and O–H groups in total. The quantitative estimate of drug-likeness (QED) is 0.922. The Labute approximate surface area is 118 Å². The van der Waals surface area contributed by atoms with E-state index < -0.39 is 0 Å². The third-order valence-electron chi connectivity index (χ3n) is 3.91. The predicted octanol–water partition coefficient (Wildman–Crippen LogP) is 2.90. The summed E-state index contributed by atoms with van der Waals surface area (Å²) >= 11 is 6.28. The normalized spacial score (nSPS) is 23.8. The molecule has 1 saturated heterocycles. The monoisotopic (exact) mass is 278 g/mol. The first-order valence-corrected chi connectivity index (χ1v) is 7.37. The van der Waals surface area contributed by atoms with Crippen molar-refractivity contribution in [2.45, 2.75) is 44.7 Å². The minimum absolute atomic E-state index is 0.0306. The number of aryl methyl sites for hydroxylation is 1. The van der Waals surface area contributed by atoms with Gasteiger partial charge in [-0.3, -0.25) is 4.79 Å². The van der Waals surface area contributed by atoms with Crippen molar-refractivity contribution in [2.24, 2.45) is 0 Å². The van der Waals surface area contributed by atoms with Gasteiger partial charge in [0.1, 0.15) is 0 Å². The maximum Gasteiger partial charge on any atom is 0.244 e. The lowest BCUT2D eigenvalue weighted by molar-refractivity contribution is -0.121. The third kappa shape index (κ3) is 2.63. The van der Waals surface area contributed by atoms with Crippen molar-refractivity contribution in [1.82, 2.24) is 5.32 Å². The van der Waals surface area contributed by atoms with Gasteiger partial charge in [0.15, 0.2) is 0 Å². The highest BCUT2D eigenvalue weighted by Crippen LogP contribution is 2.32. The van der Waals surface area contributed by atoms with E-state index in [9.17, 15) is 4.79 Å². The van der Waals surface area contributed by atoms with E-state index in [0.717, 1.165) is 30.6 Å². The molecule has 0 bridgehead atoms. The zero-order chi connectivity index (χ0) is 13.4. The van der Waals surface area contributed by atoms with Gasteiger partial charge in [-0.15, -0.1) is 0 Å². The van der Waals surface area contributed by atoms with Gasteiger partial charge in [0.2, 0.25) is 5.91 Å². The maximum atomic E-state index is 12.6. The first-order valence-electron chi connectivity index (χ1n) is 6.99. The van der Waals surface area contributed by atoms with Crippen LogP contribution in [0.2, 0.25) is 5.02 Å². The number of amides is 1. The summed E-state index contributed by atoms with van der Waals surface area (Å²) < 4.78 is 0. The molecule has 4 heteroatoms. The molecule has 1 atom stereocenters. The number of halogens is 1. The van der Waals surface area contributed by atoms with E-state index in [-0.39, 0.29) is 11.9 Å². The van der Waals surface area contributed by atoms with E-state index >= 15 is 0 Å². The first kappa shape index (κ1) is 12.9. The standard InChI is InChI=1S/C15H19ClN2O/c1-10-4-2-5-12(16)14(10)18-9-3-6-13(15(18)19)17-11-7-8-11/h2,4-5,11,13,17H,3,6-9H2,1H3. The number of anilines is 1. The molecule has 1 aliphatic carbocycles. The number of carbonyl (C=O) groups excluding carboxylic acids is 1. The molecule has 102 valence electrons. The van der Waals surface area contributed by atoms with Crippen molar-refractivity contribution in [1.29, 1.82) is 0 Å². The molecule has 19 heavy (non-hydrogen) atoms. The lowest BCUT2D eigenvalue weighted by atomic mass is 10.0. The van der Waals surface area contributed by atoms with E-state index in [0.29, 0.717) is 11.1 Å². The Morgan fingerprint density at radius 2 is 2.11 bits per heavy atom. The number of benzene rings is 1. The second kappa shape index (κ2) is 5.14. The zero-order valence-corrected chi connectivity index (χ0v) is 11.9. The fourth-order valence-electron chi connectivity index (χ4n) is 2.75. The Bertz CT molecular complexity index is 479. The minimum atomic E-state index is -0.0306. The highest BCUT2D eigenvalue weighted by Gasteiger charge is 2.34. The van der Waals surface area contributed by atoms with Gasteiger partial charge in [-0.05, 0) is 44.2 Å². The van der Waals surface area contributed by atoms with Gasteiger partial charge >= 0.3 is 0 Å². The smallest absolute Gasteiger partial charge is 0.244 e. The summed E-state index contributed by atoms with van der Waals surface area (Å²) in [5.74, 6) is 0.175. The van der Waals surface area contributed by atoms with Crippen LogP contribution in [0.25, 0.3) is 0 Å². The van der Waals surface area contributed by atoms with Crippen molar-refractivity contribution < 1.29 is 4.79 Å². The molecule has 1 aromatic rings. The number of carbonyl (C=O) groups is 1. The fraction of sp³-hybridized carbons (Fsp3) is 0.533. The van der Waals surface area contributed by atoms with Gasteiger partial charge in [-0.25, -0.2) is 0 Å². The molecule has 2 fully saturated rings. The highest BCUT2D eigenvalue weighted by molar-refractivity contribution is 6.34. The molecule has 0 radical (unpaired) electrons. The Kier molecular flexibility index (Phi) is 3.50. The van der Waals surface area contributed by atoms with Crippen LogP contribution in [-0.4, -0.2) is 24.5 Å². The largest absolute Gasteiger partial charge is 0.309 e. The molecule has 1 saturated carbocycles. The van der Waals surface area contributed by atoms with Crippen molar-refractivity contribution in [3.8, 4) is 0 Å². The van der Waals surface area contributed by atoms with Crippen LogP contribution in [0.4, 0.5) is 5.69 Å². The van der Waals surface area contributed by atoms with E-state index in [4.69, 9.17) is 11.6 Å². The second-order valence-corrected chi connectivity index (χ2v) is 5.94. The number of nitrogens with one attached hydrogen (secondary N) is 1. The van der Waals surface area contributed by atoms with Gasteiger partial charge in [-0.2, -0.15) is 0 Å². The predicted molar refractivity (Wildman–Crippen MR) is 77.7 cm³/mol. The van der Waals surface area contributed by atoms with E-state index in [1.54, 1.807) is 0 Å². The van der Waals surface area contributed by atoms with Gasteiger partial charge in [0, 0.05) is 12.6 Å². The van der Waals surface area contributed by atoms with Crippen LogP contribution >= 0.6 is 11.6 Å². The number of hydrogen-bond acceptors (Lipinski definition) is 2. The molecule has 1 unspecified atom stereocenters. The van der Waals surface area contributed by atoms with Crippen molar-refractivity contribution in [3.63, 3.8) is 0 Å². The molecule has 2 aliphatic rings. The molecule has 1 amide bonds. The number of para-hydroxylation sites is 1. The Morgan fingerprint density at radius 3 is 2.79 bits per heavy atom. The molecular formula is C15H19ClN2O. The third-order valence-corrected chi connectivity index (χ3v) is 4.22. The molecule has 1 aliphatic heterocycles. The number of rotatable bonds is 3. The van der Waals surface area contributed by atoms with Crippen LogP contribution in [0.15, 0.2) is 18.2 Å². The summed E-state index contributed by atoms with van der Waals surface area (Å²) in [6, 6.07) is 6.31. The average molecular weight is 279 g/mol. The summed E-state index contributed by atoms with van der Waals surface area (Å²) in [5, 5.41) is 4.11. The molecule has 0 spiro atoms. The van der Waals surface area contributed by atoms with Gasteiger partial charge in [0.25, 0.3) is 0 Å². The van der Waals surface area contributed by atoms with Gasteiger partial charge in [-0.1, -0.05) is 23.7 Å². The molecule has 3 nitrogen and oxygen atoms in total. The summed E-state index contributed by atoms with van der Waals surface area (Å²) in [4.78, 5) is 14.5. The Hall–Kier alpha value is -1.06. The van der Waals surface area contributed by atoms with Gasteiger partial charge < -0.3 is 10.2 Å². The first-order chi connectivity index (χ1) is 9.16. The van der Waals surface area contributed by atoms with Crippen LogP contribution < -0.4 is 10.2 Å². The van der Waals surface area contributed by atoms with Crippen molar-refractivity contribution >= 4 is 23.2 Å². The van der Waals surface area contributed by atoms with Crippen LogP contribution in [0.1, 0.15) is 31.2 Å². The van der Waals surface area contributed by atoms with Crippen LogP contribution in [0.5, 0.6) is 0 Å². The lowest BCUT2D eigenvalue weighted by Gasteiger charge is -2.34. The zero-order valence-electron chi connectivity index (χ0n) is 11.2. The Morgan fingerprint density at radius 1 is 1.32 bits per heavy atom. The van der Waals surface area contributed by atoms with Crippen LogP contribution in [0, 0.1) is 6.92 Å². The summed E-state index contributed by atoms with van der Waals surface area (Å²) in [6.07, 6.45) is 4.37. The summed E-state index contributed by atoms with van der Waals surface area (Å²) in [5.41, 5.74) is 1.95.